The molecule has 1 amide bonds. The number of non-ortho nitro benzene ring substituents is 1. The maximum absolute atomic E-state index is 12.1. The summed E-state index contributed by atoms with van der Waals surface area (Å²) in [6, 6.07) is 3.45. The van der Waals surface area contributed by atoms with E-state index in [1.54, 1.807) is 0 Å². The largest absolute Gasteiger partial charge is 0.506 e. The minimum atomic E-state index is -0.630. The molecule has 0 saturated heterocycles. The Morgan fingerprint density at radius 1 is 1.48 bits per heavy atom. The van der Waals surface area contributed by atoms with Gasteiger partial charge in [-0.05, 0) is 23.5 Å². The van der Waals surface area contributed by atoms with Crippen LogP contribution in [0.3, 0.4) is 0 Å². The number of anilines is 1. The highest BCUT2D eigenvalue weighted by atomic mass is 32.1. The highest BCUT2D eigenvalue weighted by molar-refractivity contribution is 7.08. The number of phenols is 1. The van der Waals surface area contributed by atoms with Crippen LogP contribution in [0.5, 0.6) is 5.75 Å². The van der Waals surface area contributed by atoms with Crippen molar-refractivity contribution in [3.63, 3.8) is 0 Å². The van der Waals surface area contributed by atoms with Crippen LogP contribution in [0.25, 0.3) is 0 Å². The second-order valence-corrected chi connectivity index (χ2v) is 5.31. The monoisotopic (exact) mass is 308 g/mol. The summed E-state index contributed by atoms with van der Waals surface area (Å²) < 4.78 is 3.74. The molecule has 0 aliphatic rings. The molecule has 0 spiro atoms. The Bertz CT molecular complexity index is 698. The first-order chi connectivity index (χ1) is 9.90. The SMILES string of the molecule is CC(C)c1nnsc1C(=O)Nc1ccc([N+](=O)[O-])cc1O. The molecule has 0 unspecified atom stereocenters. The van der Waals surface area contributed by atoms with Crippen LogP contribution in [-0.2, 0) is 0 Å². The Balaban J connectivity index is 2.24. The van der Waals surface area contributed by atoms with Crippen molar-refractivity contribution in [2.24, 2.45) is 0 Å². The van der Waals surface area contributed by atoms with Gasteiger partial charge in [0, 0.05) is 6.07 Å². The normalized spacial score (nSPS) is 10.6. The summed E-state index contributed by atoms with van der Waals surface area (Å²) in [6.07, 6.45) is 0. The minimum Gasteiger partial charge on any atom is -0.506 e. The van der Waals surface area contributed by atoms with Crippen molar-refractivity contribution in [3.8, 4) is 5.75 Å². The van der Waals surface area contributed by atoms with Gasteiger partial charge in [-0.25, -0.2) is 0 Å². The molecule has 8 nitrogen and oxygen atoms in total. The summed E-state index contributed by atoms with van der Waals surface area (Å²) in [7, 11) is 0. The molecule has 2 N–H and O–H groups in total. The van der Waals surface area contributed by atoms with E-state index in [0.717, 1.165) is 17.6 Å². The molecule has 0 bridgehead atoms. The van der Waals surface area contributed by atoms with Gasteiger partial charge in [-0.15, -0.1) is 5.10 Å². The van der Waals surface area contributed by atoms with Crippen molar-refractivity contribution in [2.45, 2.75) is 19.8 Å². The maximum Gasteiger partial charge on any atom is 0.273 e. The molecule has 1 aromatic carbocycles. The lowest BCUT2D eigenvalue weighted by Crippen LogP contribution is -2.13. The van der Waals surface area contributed by atoms with E-state index in [-0.39, 0.29) is 23.0 Å². The second-order valence-electron chi connectivity index (χ2n) is 4.55. The quantitative estimate of drug-likeness (QED) is 0.509. The van der Waals surface area contributed by atoms with Gasteiger partial charge >= 0.3 is 0 Å². The van der Waals surface area contributed by atoms with E-state index in [1.165, 1.54) is 12.1 Å². The number of nitrogens with zero attached hydrogens (tertiary/aromatic N) is 3. The first-order valence-corrected chi connectivity index (χ1v) is 6.78. The van der Waals surface area contributed by atoms with Gasteiger partial charge in [0.15, 0.2) is 0 Å². The molecule has 0 aliphatic heterocycles. The lowest BCUT2D eigenvalue weighted by molar-refractivity contribution is -0.384. The number of hydrogen-bond acceptors (Lipinski definition) is 7. The maximum atomic E-state index is 12.1. The number of nitro benzene ring substituents is 1. The predicted molar refractivity (Wildman–Crippen MR) is 76.7 cm³/mol. The smallest absolute Gasteiger partial charge is 0.273 e. The summed E-state index contributed by atoms with van der Waals surface area (Å²) in [6.45, 7) is 3.77. The highest BCUT2D eigenvalue weighted by Gasteiger charge is 2.20. The average molecular weight is 308 g/mol. The van der Waals surface area contributed by atoms with Gasteiger partial charge in [0.2, 0.25) is 0 Å². The van der Waals surface area contributed by atoms with Crippen LogP contribution in [0.2, 0.25) is 0 Å². The second kappa shape index (κ2) is 5.83. The van der Waals surface area contributed by atoms with E-state index in [1.807, 2.05) is 13.8 Å². The fourth-order valence-electron chi connectivity index (χ4n) is 1.65. The van der Waals surface area contributed by atoms with Crippen molar-refractivity contribution in [1.82, 2.24) is 9.59 Å². The van der Waals surface area contributed by atoms with Crippen LogP contribution in [-0.4, -0.2) is 25.5 Å². The topological polar surface area (TPSA) is 118 Å². The van der Waals surface area contributed by atoms with Gasteiger partial charge in [0.05, 0.1) is 22.4 Å². The van der Waals surface area contributed by atoms with Crippen molar-refractivity contribution in [2.75, 3.05) is 5.32 Å². The van der Waals surface area contributed by atoms with Crippen LogP contribution < -0.4 is 5.32 Å². The average Bonchev–Trinajstić information content (AvgIpc) is 2.90. The Hall–Kier alpha value is -2.55. The molecule has 110 valence electrons. The third kappa shape index (κ3) is 3.14. The number of aromatic nitrogens is 2. The fourth-order valence-corrected chi connectivity index (χ4v) is 2.37. The van der Waals surface area contributed by atoms with E-state index >= 15 is 0 Å². The molecular weight excluding hydrogens is 296 g/mol. The van der Waals surface area contributed by atoms with Crippen molar-refractivity contribution in [1.29, 1.82) is 0 Å². The Morgan fingerprint density at radius 2 is 2.19 bits per heavy atom. The third-order valence-electron chi connectivity index (χ3n) is 2.71. The fraction of sp³-hybridized carbons (Fsp3) is 0.250. The number of carbonyl (C=O) groups is 1. The van der Waals surface area contributed by atoms with Gasteiger partial charge in [-0.1, -0.05) is 18.3 Å². The molecule has 0 radical (unpaired) electrons. The third-order valence-corrected chi connectivity index (χ3v) is 3.45. The summed E-state index contributed by atoms with van der Waals surface area (Å²) in [5, 5.41) is 26.7. The summed E-state index contributed by atoms with van der Waals surface area (Å²) in [5.41, 5.74) is 0.403. The van der Waals surface area contributed by atoms with E-state index < -0.39 is 10.8 Å². The lowest BCUT2D eigenvalue weighted by atomic mass is 10.1. The summed E-state index contributed by atoms with van der Waals surface area (Å²) >= 11 is 0.956. The molecule has 0 aliphatic carbocycles. The van der Waals surface area contributed by atoms with Crippen LogP contribution in [0.1, 0.15) is 35.1 Å². The summed E-state index contributed by atoms with van der Waals surface area (Å²) in [4.78, 5) is 22.5. The Kier molecular flexibility index (Phi) is 4.13. The zero-order valence-electron chi connectivity index (χ0n) is 11.2. The number of benzene rings is 1. The molecule has 0 saturated carbocycles. The van der Waals surface area contributed by atoms with Gasteiger partial charge in [0.25, 0.3) is 11.6 Å². The van der Waals surface area contributed by atoms with E-state index in [2.05, 4.69) is 14.9 Å². The lowest BCUT2D eigenvalue weighted by Gasteiger charge is -2.07. The van der Waals surface area contributed by atoms with Crippen LogP contribution in [0.4, 0.5) is 11.4 Å². The molecule has 1 heterocycles. The van der Waals surface area contributed by atoms with Crippen LogP contribution in [0, 0.1) is 10.1 Å². The first-order valence-electron chi connectivity index (χ1n) is 6.01. The molecule has 0 atom stereocenters. The predicted octanol–water partition coefficient (Wildman–Crippen LogP) is 2.53. The van der Waals surface area contributed by atoms with E-state index in [9.17, 15) is 20.0 Å². The van der Waals surface area contributed by atoms with Gasteiger partial charge in [-0.3, -0.25) is 14.9 Å². The highest BCUT2D eigenvalue weighted by Crippen LogP contribution is 2.29. The summed E-state index contributed by atoms with van der Waals surface area (Å²) in [5.74, 6) is -0.797. The number of nitrogens with one attached hydrogen (secondary N) is 1. The number of amides is 1. The zero-order chi connectivity index (χ0) is 15.6. The Morgan fingerprint density at radius 3 is 2.76 bits per heavy atom. The van der Waals surface area contributed by atoms with Gasteiger partial charge in [0.1, 0.15) is 10.6 Å². The molecule has 21 heavy (non-hydrogen) atoms. The molecule has 0 fully saturated rings. The Labute approximate surface area is 123 Å². The first kappa shape index (κ1) is 14.9. The van der Waals surface area contributed by atoms with Crippen molar-refractivity contribution in [3.05, 3.63) is 38.9 Å². The standard InChI is InChI=1S/C12H12N4O4S/c1-6(2)10-11(21-15-14-10)12(18)13-8-4-3-7(16(19)20)5-9(8)17/h3-6,17H,1-2H3,(H,13,18). The number of aromatic hydroxyl groups is 1. The molecule has 2 aromatic rings. The van der Waals surface area contributed by atoms with Gasteiger partial charge < -0.3 is 10.4 Å². The molecule has 9 heteroatoms. The number of phenolic OH excluding ortho intramolecular Hbond substituents is 1. The molecular formula is C12H12N4O4S. The van der Waals surface area contributed by atoms with E-state index in [4.69, 9.17) is 0 Å². The van der Waals surface area contributed by atoms with Crippen LogP contribution >= 0.6 is 11.5 Å². The number of nitro groups is 1. The van der Waals surface area contributed by atoms with Gasteiger partial charge in [-0.2, -0.15) is 0 Å². The molecule has 1 aromatic heterocycles. The van der Waals surface area contributed by atoms with Crippen molar-refractivity contribution >= 4 is 28.8 Å². The van der Waals surface area contributed by atoms with E-state index in [0.29, 0.717) is 10.6 Å². The van der Waals surface area contributed by atoms with Crippen LogP contribution in [0.15, 0.2) is 18.2 Å². The minimum absolute atomic E-state index is 0.0370. The number of carbonyl (C=O) groups excluding carboxylic acids is 1. The molecule has 2 rings (SSSR count). The zero-order valence-corrected chi connectivity index (χ0v) is 12.0. The number of rotatable bonds is 4. The number of hydrogen-bond donors (Lipinski definition) is 2. The van der Waals surface area contributed by atoms with Crippen molar-refractivity contribution < 1.29 is 14.8 Å².